The third kappa shape index (κ3) is 6.84. The Hall–Kier alpha value is -2.04. The van der Waals surface area contributed by atoms with Gasteiger partial charge >= 0.3 is 11.9 Å². The molecule has 0 unspecified atom stereocenters. The largest absolute Gasteiger partial charge is 0.462 e. The summed E-state index contributed by atoms with van der Waals surface area (Å²) in [6, 6.07) is 11.4. The maximum absolute atomic E-state index is 12.5. The van der Waals surface area contributed by atoms with E-state index in [1.807, 2.05) is 0 Å². The van der Waals surface area contributed by atoms with E-state index in [1.165, 1.54) is 6.42 Å². The van der Waals surface area contributed by atoms with Crippen molar-refractivity contribution in [1.29, 1.82) is 0 Å². The van der Waals surface area contributed by atoms with Crippen LogP contribution in [0, 0.1) is 0 Å². The Bertz CT molecular complexity index is 805. The zero-order valence-corrected chi connectivity index (χ0v) is 17.4. The number of unbranched alkanes of at least 4 members (excludes halogenated alkanes) is 4. The van der Waals surface area contributed by atoms with Gasteiger partial charge in [-0.25, -0.2) is 9.59 Å². The summed E-state index contributed by atoms with van der Waals surface area (Å²) in [5.74, 6) is -1.13. The molecule has 0 radical (unpaired) electrons. The van der Waals surface area contributed by atoms with E-state index in [0.29, 0.717) is 22.2 Å². The molecule has 0 aliphatic carbocycles. The molecule has 0 atom stereocenters. The number of ether oxygens (including phenoxy) is 2. The molecule has 0 aromatic heterocycles. The first kappa shape index (κ1) is 22.3. The number of rotatable bonds is 10. The van der Waals surface area contributed by atoms with E-state index in [9.17, 15) is 9.59 Å². The highest BCUT2D eigenvalue weighted by Crippen LogP contribution is 2.22. The molecular weight excluding hydrogens is 399 g/mol. The molecule has 0 aliphatic heterocycles. The lowest BCUT2D eigenvalue weighted by atomic mass is 10.1. The van der Waals surface area contributed by atoms with Crippen LogP contribution in [-0.2, 0) is 16.1 Å². The van der Waals surface area contributed by atoms with Crippen molar-refractivity contribution in [2.75, 3.05) is 6.61 Å². The van der Waals surface area contributed by atoms with E-state index >= 15 is 0 Å². The Morgan fingerprint density at radius 3 is 2.14 bits per heavy atom. The molecule has 2 aromatic carbocycles. The summed E-state index contributed by atoms with van der Waals surface area (Å²) in [5, 5.41) is 0.916. The van der Waals surface area contributed by atoms with Gasteiger partial charge < -0.3 is 9.47 Å². The quantitative estimate of drug-likeness (QED) is 0.324. The van der Waals surface area contributed by atoms with Crippen molar-refractivity contribution in [1.82, 2.24) is 0 Å². The first-order valence-corrected chi connectivity index (χ1v) is 10.2. The van der Waals surface area contributed by atoms with Crippen LogP contribution in [0.4, 0.5) is 0 Å². The summed E-state index contributed by atoms with van der Waals surface area (Å²) in [7, 11) is 0. The van der Waals surface area contributed by atoms with Crippen molar-refractivity contribution in [3.8, 4) is 0 Å². The van der Waals surface area contributed by atoms with Gasteiger partial charge in [0, 0.05) is 15.6 Å². The number of benzene rings is 2. The van der Waals surface area contributed by atoms with Crippen LogP contribution >= 0.6 is 23.2 Å². The van der Waals surface area contributed by atoms with E-state index in [-0.39, 0.29) is 17.7 Å². The molecule has 28 heavy (non-hydrogen) atoms. The number of esters is 2. The van der Waals surface area contributed by atoms with E-state index in [1.54, 1.807) is 42.5 Å². The number of carbonyl (C=O) groups excluding carboxylic acids is 2. The number of hydrogen-bond acceptors (Lipinski definition) is 4. The highest BCUT2D eigenvalue weighted by molar-refractivity contribution is 6.35. The Balaban J connectivity index is 1.94. The molecule has 0 heterocycles. The van der Waals surface area contributed by atoms with Gasteiger partial charge in [0.2, 0.25) is 0 Å². The Morgan fingerprint density at radius 1 is 0.857 bits per heavy atom. The van der Waals surface area contributed by atoms with Crippen LogP contribution in [-0.4, -0.2) is 18.5 Å². The summed E-state index contributed by atoms with van der Waals surface area (Å²) in [5.41, 5.74) is 0.999. The number of halogens is 2. The van der Waals surface area contributed by atoms with E-state index in [4.69, 9.17) is 32.7 Å². The van der Waals surface area contributed by atoms with Crippen LogP contribution in [0.2, 0.25) is 10.0 Å². The molecular formula is C22H24Cl2O4. The first-order valence-electron chi connectivity index (χ1n) is 9.40. The molecule has 6 heteroatoms. The van der Waals surface area contributed by atoms with Crippen LogP contribution in [0.5, 0.6) is 0 Å². The normalized spacial score (nSPS) is 10.5. The van der Waals surface area contributed by atoms with Gasteiger partial charge in [-0.15, -0.1) is 0 Å². The van der Waals surface area contributed by atoms with Crippen molar-refractivity contribution in [2.45, 2.75) is 45.6 Å². The molecule has 0 N–H and O–H groups in total. The van der Waals surface area contributed by atoms with Crippen LogP contribution < -0.4 is 0 Å². The Morgan fingerprint density at radius 2 is 1.50 bits per heavy atom. The van der Waals surface area contributed by atoms with Crippen molar-refractivity contribution >= 4 is 35.1 Å². The van der Waals surface area contributed by atoms with Gasteiger partial charge in [0.1, 0.15) is 6.61 Å². The minimum Gasteiger partial charge on any atom is -0.462 e. The Kier molecular flexibility index (Phi) is 9.32. The third-order valence-electron chi connectivity index (χ3n) is 4.22. The van der Waals surface area contributed by atoms with Gasteiger partial charge in [-0.05, 0) is 30.7 Å². The zero-order valence-electron chi connectivity index (χ0n) is 15.9. The number of carbonyl (C=O) groups is 2. The minimum absolute atomic E-state index is 0.0182. The molecule has 4 nitrogen and oxygen atoms in total. The fourth-order valence-electron chi connectivity index (χ4n) is 2.65. The predicted octanol–water partition coefficient (Wildman–Crippen LogP) is 6.48. The first-order chi connectivity index (χ1) is 13.5. The SMILES string of the molecule is CCCCCCCOC(=O)c1ccccc1C(=O)OCc1ccc(Cl)cc1Cl. The lowest BCUT2D eigenvalue weighted by molar-refractivity contribution is 0.0436. The maximum Gasteiger partial charge on any atom is 0.339 e. The zero-order chi connectivity index (χ0) is 20.4. The molecule has 0 bridgehead atoms. The maximum atomic E-state index is 12.5. The van der Waals surface area contributed by atoms with Gasteiger partial charge in [0.15, 0.2) is 0 Å². The highest BCUT2D eigenvalue weighted by atomic mass is 35.5. The lowest BCUT2D eigenvalue weighted by Crippen LogP contribution is -2.14. The van der Waals surface area contributed by atoms with Gasteiger partial charge in [0.25, 0.3) is 0 Å². The van der Waals surface area contributed by atoms with Crippen LogP contribution in [0.25, 0.3) is 0 Å². The Labute approximate surface area is 175 Å². The molecule has 0 saturated heterocycles. The fraction of sp³-hybridized carbons (Fsp3) is 0.364. The standard InChI is InChI=1S/C22H24Cl2O4/c1-2-3-4-5-8-13-27-21(25)18-9-6-7-10-19(18)22(26)28-15-16-11-12-17(23)14-20(16)24/h6-7,9-12,14H,2-5,8,13,15H2,1H3. The fourth-order valence-corrected chi connectivity index (χ4v) is 3.11. The van der Waals surface area contributed by atoms with Gasteiger partial charge in [-0.3, -0.25) is 0 Å². The second-order valence-electron chi connectivity index (χ2n) is 6.41. The molecule has 0 spiro atoms. The van der Waals surface area contributed by atoms with E-state index < -0.39 is 11.9 Å². The minimum atomic E-state index is -0.610. The van der Waals surface area contributed by atoms with Crippen LogP contribution in [0.15, 0.2) is 42.5 Å². The molecule has 2 aromatic rings. The van der Waals surface area contributed by atoms with Crippen molar-refractivity contribution < 1.29 is 19.1 Å². The van der Waals surface area contributed by atoms with E-state index in [0.717, 1.165) is 25.7 Å². The molecule has 0 saturated carbocycles. The average Bonchev–Trinajstić information content (AvgIpc) is 2.69. The molecule has 2 rings (SSSR count). The summed E-state index contributed by atoms with van der Waals surface area (Å²) in [6.07, 6.45) is 5.31. The summed E-state index contributed by atoms with van der Waals surface area (Å²) < 4.78 is 10.6. The van der Waals surface area contributed by atoms with Crippen LogP contribution in [0.3, 0.4) is 0 Å². The van der Waals surface area contributed by atoms with E-state index in [2.05, 4.69) is 6.92 Å². The second kappa shape index (κ2) is 11.7. The summed E-state index contributed by atoms with van der Waals surface area (Å²) >= 11 is 12.0. The molecule has 150 valence electrons. The van der Waals surface area contributed by atoms with Crippen LogP contribution in [0.1, 0.15) is 65.3 Å². The third-order valence-corrected chi connectivity index (χ3v) is 4.81. The van der Waals surface area contributed by atoms with Crippen molar-refractivity contribution in [3.63, 3.8) is 0 Å². The predicted molar refractivity (Wildman–Crippen MR) is 111 cm³/mol. The summed E-state index contributed by atoms with van der Waals surface area (Å²) in [6.45, 7) is 2.47. The monoisotopic (exact) mass is 422 g/mol. The molecule has 0 fully saturated rings. The lowest BCUT2D eigenvalue weighted by Gasteiger charge is -2.10. The van der Waals surface area contributed by atoms with Gasteiger partial charge in [0.05, 0.1) is 17.7 Å². The van der Waals surface area contributed by atoms with Gasteiger partial charge in [-0.1, -0.05) is 74.0 Å². The highest BCUT2D eigenvalue weighted by Gasteiger charge is 2.19. The molecule has 0 amide bonds. The molecule has 0 aliphatic rings. The smallest absolute Gasteiger partial charge is 0.339 e. The topological polar surface area (TPSA) is 52.6 Å². The van der Waals surface area contributed by atoms with Crippen molar-refractivity contribution in [2.24, 2.45) is 0 Å². The van der Waals surface area contributed by atoms with Gasteiger partial charge in [-0.2, -0.15) is 0 Å². The van der Waals surface area contributed by atoms with Crippen molar-refractivity contribution in [3.05, 3.63) is 69.2 Å². The average molecular weight is 423 g/mol. The summed E-state index contributed by atoms with van der Waals surface area (Å²) in [4.78, 5) is 24.8. The number of hydrogen-bond donors (Lipinski definition) is 0. The second-order valence-corrected chi connectivity index (χ2v) is 7.25.